The van der Waals surface area contributed by atoms with Gasteiger partial charge in [0.15, 0.2) is 5.65 Å². The molecule has 0 unspecified atom stereocenters. The van der Waals surface area contributed by atoms with Gasteiger partial charge < -0.3 is 5.32 Å². The minimum absolute atomic E-state index is 0.0470. The largest absolute Gasteiger partial charge is 0.322 e. The topological polar surface area (TPSA) is 97.1 Å². The van der Waals surface area contributed by atoms with E-state index in [-0.39, 0.29) is 17.4 Å². The van der Waals surface area contributed by atoms with Crippen LogP contribution in [0.5, 0.6) is 0 Å². The summed E-state index contributed by atoms with van der Waals surface area (Å²) >= 11 is 0. The van der Waals surface area contributed by atoms with Gasteiger partial charge in [-0.05, 0) is 32.0 Å². The Morgan fingerprint density at radius 1 is 1.21 bits per heavy atom. The van der Waals surface area contributed by atoms with Crippen LogP contribution < -0.4 is 10.9 Å². The third kappa shape index (κ3) is 3.69. The molecule has 0 spiro atoms. The van der Waals surface area contributed by atoms with E-state index >= 15 is 0 Å². The standard InChI is InChI=1S/C21H22N6O2/c1-13-4-6-16(7-5-13)24-21(29)17-11-23-27-19(28)10-18(25-20(17)27)14(2)12-26-15(3)8-9-22-26/h4-11,14,23H,12H2,1-3H3,(H,24,29)/t14-/m1/s1. The van der Waals surface area contributed by atoms with E-state index in [2.05, 4.69) is 20.5 Å². The highest BCUT2D eigenvalue weighted by molar-refractivity contribution is 6.08. The number of H-pyrrole nitrogens is 1. The van der Waals surface area contributed by atoms with Crippen molar-refractivity contribution in [1.29, 1.82) is 0 Å². The number of amides is 1. The van der Waals surface area contributed by atoms with E-state index in [1.165, 1.54) is 16.8 Å². The van der Waals surface area contributed by atoms with Crippen molar-refractivity contribution in [3.05, 3.63) is 81.7 Å². The summed E-state index contributed by atoms with van der Waals surface area (Å²) in [6, 6.07) is 10.9. The molecule has 1 aromatic carbocycles. The summed E-state index contributed by atoms with van der Waals surface area (Å²) in [4.78, 5) is 29.9. The van der Waals surface area contributed by atoms with E-state index in [1.54, 1.807) is 6.20 Å². The van der Waals surface area contributed by atoms with Crippen molar-refractivity contribution in [2.45, 2.75) is 33.2 Å². The molecule has 1 atom stereocenters. The van der Waals surface area contributed by atoms with Gasteiger partial charge >= 0.3 is 0 Å². The number of hydrogen-bond donors (Lipinski definition) is 2. The average Bonchev–Trinajstić information content (AvgIpc) is 3.30. The Morgan fingerprint density at radius 3 is 2.66 bits per heavy atom. The first-order valence-electron chi connectivity index (χ1n) is 9.40. The molecule has 0 saturated carbocycles. The lowest BCUT2D eigenvalue weighted by molar-refractivity contribution is 0.102. The van der Waals surface area contributed by atoms with Gasteiger partial charge in [-0.15, -0.1) is 0 Å². The maximum atomic E-state index is 12.8. The number of aromatic amines is 1. The molecule has 0 bridgehead atoms. The summed E-state index contributed by atoms with van der Waals surface area (Å²) in [6.07, 6.45) is 3.24. The lowest BCUT2D eigenvalue weighted by Gasteiger charge is -2.12. The number of anilines is 1. The van der Waals surface area contributed by atoms with Crippen LogP contribution in [0.15, 0.2) is 53.6 Å². The van der Waals surface area contributed by atoms with Crippen molar-refractivity contribution in [3.8, 4) is 0 Å². The number of nitrogens with one attached hydrogen (secondary N) is 2. The van der Waals surface area contributed by atoms with Crippen molar-refractivity contribution < 1.29 is 4.79 Å². The fraction of sp³-hybridized carbons (Fsp3) is 0.238. The highest BCUT2D eigenvalue weighted by atomic mass is 16.2. The van der Waals surface area contributed by atoms with Crippen LogP contribution in [-0.2, 0) is 6.54 Å². The number of carbonyl (C=O) groups is 1. The van der Waals surface area contributed by atoms with Gasteiger partial charge in [-0.2, -0.15) is 5.10 Å². The first-order chi connectivity index (χ1) is 13.9. The molecule has 29 heavy (non-hydrogen) atoms. The molecule has 2 N–H and O–H groups in total. The van der Waals surface area contributed by atoms with Gasteiger partial charge in [-0.3, -0.25) is 19.4 Å². The van der Waals surface area contributed by atoms with Gasteiger partial charge in [-0.25, -0.2) is 9.50 Å². The maximum Gasteiger partial charge on any atom is 0.272 e. The van der Waals surface area contributed by atoms with Crippen molar-refractivity contribution in [3.63, 3.8) is 0 Å². The minimum atomic E-state index is -0.327. The smallest absolute Gasteiger partial charge is 0.272 e. The number of nitrogens with zero attached hydrogens (tertiary/aromatic N) is 4. The van der Waals surface area contributed by atoms with Gasteiger partial charge in [-0.1, -0.05) is 24.6 Å². The zero-order chi connectivity index (χ0) is 20.5. The van der Waals surface area contributed by atoms with E-state index < -0.39 is 0 Å². The van der Waals surface area contributed by atoms with E-state index in [1.807, 2.05) is 55.8 Å². The first-order valence-corrected chi connectivity index (χ1v) is 9.40. The van der Waals surface area contributed by atoms with E-state index in [4.69, 9.17) is 0 Å². The van der Waals surface area contributed by atoms with Gasteiger partial charge in [0, 0.05) is 42.3 Å². The number of carbonyl (C=O) groups excluding carboxylic acids is 1. The second-order valence-electron chi connectivity index (χ2n) is 7.24. The fourth-order valence-electron chi connectivity index (χ4n) is 3.20. The Hall–Kier alpha value is -3.68. The predicted octanol–water partition coefficient (Wildman–Crippen LogP) is 2.89. The Kier molecular flexibility index (Phi) is 4.75. The van der Waals surface area contributed by atoms with Crippen LogP contribution >= 0.6 is 0 Å². The molecule has 8 heteroatoms. The quantitative estimate of drug-likeness (QED) is 0.548. The number of hydrogen-bond acceptors (Lipinski definition) is 4. The monoisotopic (exact) mass is 390 g/mol. The summed E-state index contributed by atoms with van der Waals surface area (Å²) in [5, 5.41) is 9.95. The number of aromatic nitrogens is 5. The number of fused-ring (bicyclic) bond motifs is 1. The zero-order valence-corrected chi connectivity index (χ0v) is 16.5. The summed E-state index contributed by atoms with van der Waals surface area (Å²) < 4.78 is 3.15. The van der Waals surface area contributed by atoms with Crippen LogP contribution in [-0.4, -0.2) is 30.3 Å². The zero-order valence-electron chi connectivity index (χ0n) is 16.5. The fourth-order valence-corrected chi connectivity index (χ4v) is 3.20. The van der Waals surface area contributed by atoms with Crippen molar-refractivity contribution in [1.82, 2.24) is 24.4 Å². The SMILES string of the molecule is Cc1ccc(NC(=O)c2c[nH]n3c(=O)cc([C@H](C)Cn4nccc4C)nc23)cc1. The molecule has 1 amide bonds. The molecular formula is C21H22N6O2. The number of benzene rings is 1. The molecule has 148 valence electrons. The van der Waals surface area contributed by atoms with Crippen molar-refractivity contribution in [2.24, 2.45) is 0 Å². The average molecular weight is 390 g/mol. The van der Waals surface area contributed by atoms with Gasteiger partial charge in [0.25, 0.3) is 11.5 Å². The van der Waals surface area contributed by atoms with E-state index in [9.17, 15) is 9.59 Å². The van der Waals surface area contributed by atoms with Crippen LogP contribution in [0, 0.1) is 13.8 Å². The lowest BCUT2D eigenvalue weighted by Crippen LogP contribution is -2.20. The molecule has 0 aliphatic rings. The Balaban J connectivity index is 1.65. The first kappa shape index (κ1) is 18.7. The van der Waals surface area contributed by atoms with Gasteiger partial charge in [0.05, 0.1) is 5.69 Å². The van der Waals surface area contributed by atoms with Crippen LogP contribution in [0.3, 0.4) is 0 Å². The molecule has 0 radical (unpaired) electrons. The van der Waals surface area contributed by atoms with Crippen LogP contribution in [0.2, 0.25) is 0 Å². The molecule has 4 rings (SSSR count). The Bertz CT molecular complexity index is 1230. The molecule has 4 aromatic rings. The molecule has 8 nitrogen and oxygen atoms in total. The highest BCUT2D eigenvalue weighted by Crippen LogP contribution is 2.18. The van der Waals surface area contributed by atoms with Crippen LogP contribution in [0.1, 0.15) is 40.2 Å². The number of aryl methyl sites for hydroxylation is 2. The minimum Gasteiger partial charge on any atom is -0.322 e. The predicted molar refractivity (Wildman–Crippen MR) is 110 cm³/mol. The summed E-state index contributed by atoms with van der Waals surface area (Å²) in [5.41, 5.74) is 3.80. The van der Waals surface area contributed by atoms with Crippen molar-refractivity contribution >= 4 is 17.2 Å². The molecule has 3 heterocycles. The molecule has 0 saturated heterocycles. The third-order valence-corrected chi connectivity index (χ3v) is 4.95. The molecular weight excluding hydrogens is 368 g/mol. The van der Waals surface area contributed by atoms with Crippen molar-refractivity contribution in [2.75, 3.05) is 5.32 Å². The lowest BCUT2D eigenvalue weighted by atomic mass is 10.1. The maximum absolute atomic E-state index is 12.8. The normalized spacial score (nSPS) is 12.2. The van der Waals surface area contributed by atoms with Crippen LogP contribution in [0.25, 0.3) is 5.65 Å². The Labute approximate surface area is 167 Å². The second kappa shape index (κ2) is 7.38. The Morgan fingerprint density at radius 2 is 1.97 bits per heavy atom. The molecule has 0 aliphatic heterocycles. The van der Waals surface area contributed by atoms with Gasteiger partial charge in [0.2, 0.25) is 0 Å². The highest BCUT2D eigenvalue weighted by Gasteiger charge is 2.18. The second-order valence-corrected chi connectivity index (χ2v) is 7.24. The summed E-state index contributed by atoms with van der Waals surface area (Å²) in [6.45, 7) is 6.54. The van der Waals surface area contributed by atoms with Gasteiger partial charge in [0.1, 0.15) is 5.56 Å². The van der Waals surface area contributed by atoms with Crippen LogP contribution in [0.4, 0.5) is 5.69 Å². The summed E-state index contributed by atoms with van der Waals surface area (Å²) in [5.74, 6) is -0.374. The summed E-state index contributed by atoms with van der Waals surface area (Å²) in [7, 11) is 0. The van der Waals surface area contributed by atoms with E-state index in [0.717, 1.165) is 11.3 Å². The number of rotatable bonds is 5. The van der Waals surface area contributed by atoms with E-state index in [0.29, 0.717) is 29.1 Å². The third-order valence-electron chi connectivity index (χ3n) is 4.95. The molecule has 3 aromatic heterocycles. The molecule has 0 aliphatic carbocycles. The molecule has 0 fully saturated rings.